The highest BCUT2D eigenvalue weighted by Crippen LogP contribution is 2.29. The number of rotatable bonds is 6. The first-order chi connectivity index (χ1) is 15.9. The highest BCUT2D eigenvalue weighted by atomic mass is 32.2. The minimum absolute atomic E-state index is 0.0896. The van der Waals surface area contributed by atoms with E-state index in [1.54, 1.807) is 13.2 Å². The molecular formula is C25H30N4O3S. The Labute approximate surface area is 197 Å². The van der Waals surface area contributed by atoms with Gasteiger partial charge in [0.15, 0.2) is 0 Å². The third-order valence-corrected chi connectivity index (χ3v) is 7.70. The monoisotopic (exact) mass is 466 g/mol. The maximum absolute atomic E-state index is 13.0. The predicted octanol–water partition coefficient (Wildman–Crippen LogP) is 2.77. The van der Waals surface area contributed by atoms with Crippen molar-refractivity contribution < 1.29 is 4.79 Å². The predicted molar refractivity (Wildman–Crippen MR) is 132 cm³/mol. The van der Waals surface area contributed by atoms with Crippen molar-refractivity contribution in [3.8, 4) is 0 Å². The van der Waals surface area contributed by atoms with Crippen LogP contribution in [0.3, 0.4) is 0 Å². The molecule has 2 aromatic heterocycles. The lowest BCUT2D eigenvalue weighted by molar-refractivity contribution is -0.129. The minimum atomic E-state index is -0.408. The van der Waals surface area contributed by atoms with Gasteiger partial charge in [-0.2, -0.15) is 0 Å². The van der Waals surface area contributed by atoms with E-state index in [1.807, 2.05) is 17.9 Å². The fourth-order valence-corrected chi connectivity index (χ4v) is 5.67. The second-order valence-electron chi connectivity index (χ2n) is 8.67. The minimum Gasteiger partial charge on any atom is -0.342 e. The van der Waals surface area contributed by atoms with Crippen LogP contribution < -0.4 is 11.2 Å². The van der Waals surface area contributed by atoms with Crippen molar-refractivity contribution in [3.05, 3.63) is 68.5 Å². The van der Waals surface area contributed by atoms with Crippen LogP contribution in [0.1, 0.15) is 30.9 Å². The van der Waals surface area contributed by atoms with Crippen LogP contribution in [0, 0.1) is 5.92 Å². The first-order valence-corrected chi connectivity index (χ1v) is 12.4. The summed E-state index contributed by atoms with van der Waals surface area (Å²) in [4.78, 5) is 45.3. The van der Waals surface area contributed by atoms with Gasteiger partial charge in [0.1, 0.15) is 5.65 Å². The van der Waals surface area contributed by atoms with Crippen LogP contribution in [-0.2, 0) is 31.7 Å². The standard InChI is InChI=1S/C25H30N4O3S/c1-4-19-15-26-23-21(24(31)28(3)25(32)27(23)2)22(19)33-16-20(30)29-12-10-18(11-13-29)14-17-8-6-5-7-9-17/h5-9,15,18H,4,10-14,16H2,1-3H3. The van der Waals surface area contributed by atoms with Gasteiger partial charge in [0.05, 0.1) is 11.1 Å². The number of nitrogens with zero attached hydrogens (tertiary/aromatic N) is 4. The number of amides is 1. The van der Waals surface area contributed by atoms with Gasteiger partial charge in [-0.25, -0.2) is 9.78 Å². The molecule has 174 valence electrons. The van der Waals surface area contributed by atoms with Crippen LogP contribution in [0.4, 0.5) is 0 Å². The maximum atomic E-state index is 13.0. The van der Waals surface area contributed by atoms with Crippen molar-refractivity contribution >= 4 is 28.7 Å². The SMILES string of the molecule is CCc1cnc2c(c1SCC(=O)N1CCC(Cc3ccccc3)CC1)c(=O)n(C)c(=O)n2C. The number of hydrogen-bond acceptors (Lipinski definition) is 5. The van der Waals surface area contributed by atoms with Crippen LogP contribution in [0.2, 0.25) is 0 Å². The molecule has 1 fully saturated rings. The summed E-state index contributed by atoms with van der Waals surface area (Å²) in [6.45, 7) is 3.54. The van der Waals surface area contributed by atoms with Gasteiger partial charge >= 0.3 is 5.69 Å². The molecule has 0 saturated carbocycles. The van der Waals surface area contributed by atoms with Gasteiger partial charge in [-0.3, -0.25) is 18.7 Å². The molecule has 1 aliphatic heterocycles. The van der Waals surface area contributed by atoms with E-state index < -0.39 is 5.69 Å². The van der Waals surface area contributed by atoms with Gasteiger partial charge in [-0.05, 0) is 42.7 Å². The van der Waals surface area contributed by atoms with E-state index in [4.69, 9.17) is 0 Å². The molecule has 1 saturated heterocycles. The Morgan fingerprint density at radius 1 is 1.09 bits per heavy atom. The molecular weight excluding hydrogens is 436 g/mol. The first-order valence-electron chi connectivity index (χ1n) is 11.4. The molecule has 3 aromatic rings. The van der Waals surface area contributed by atoms with Gasteiger partial charge in [-0.15, -0.1) is 11.8 Å². The number of aromatic nitrogens is 3. The Bertz CT molecular complexity index is 1270. The number of benzene rings is 1. The fourth-order valence-electron chi connectivity index (χ4n) is 4.52. The molecule has 0 spiro atoms. The van der Waals surface area contributed by atoms with E-state index in [0.29, 0.717) is 23.4 Å². The molecule has 1 amide bonds. The van der Waals surface area contributed by atoms with Crippen LogP contribution in [-0.4, -0.2) is 43.8 Å². The first kappa shape index (κ1) is 23.3. The van der Waals surface area contributed by atoms with Crippen LogP contribution in [0.15, 0.2) is 51.0 Å². The number of carbonyl (C=O) groups is 1. The lowest BCUT2D eigenvalue weighted by Crippen LogP contribution is -2.40. The zero-order valence-corrected chi connectivity index (χ0v) is 20.2. The summed E-state index contributed by atoms with van der Waals surface area (Å²) >= 11 is 1.38. The molecule has 3 heterocycles. The number of thioether (sulfide) groups is 1. The van der Waals surface area contributed by atoms with Crippen molar-refractivity contribution in [1.82, 2.24) is 19.0 Å². The van der Waals surface area contributed by atoms with E-state index in [2.05, 4.69) is 29.2 Å². The van der Waals surface area contributed by atoms with Crippen LogP contribution in [0.25, 0.3) is 11.0 Å². The average molecular weight is 467 g/mol. The summed E-state index contributed by atoms with van der Waals surface area (Å²) in [7, 11) is 3.09. The summed E-state index contributed by atoms with van der Waals surface area (Å²) in [5, 5.41) is 0.415. The van der Waals surface area contributed by atoms with E-state index in [1.165, 1.54) is 28.9 Å². The summed E-state index contributed by atoms with van der Waals surface area (Å²) in [6, 6.07) is 10.5. The van der Waals surface area contributed by atoms with Gasteiger partial charge < -0.3 is 4.90 Å². The zero-order chi connectivity index (χ0) is 23.5. The molecule has 33 heavy (non-hydrogen) atoms. The molecule has 0 aliphatic carbocycles. The van der Waals surface area contributed by atoms with Gasteiger partial charge in [0.25, 0.3) is 5.56 Å². The lowest BCUT2D eigenvalue weighted by atomic mass is 9.90. The molecule has 7 nitrogen and oxygen atoms in total. The second-order valence-corrected chi connectivity index (χ2v) is 9.66. The second kappa shape index (κ2) is 9.95. The fraction of sp³-hybridized carbons (Fsp3) is 0.440. The number of likely N-dealkylation sites (tertiary alicyclic amines) is 1. The molecule has 4 rings (SSSR count). The Balaban J connectivity index is 1.47. The topological polar surface area (TPSA) is 77.2 Å². The number of carbonyl (C=O) groups excluding carboxylic acids is 1. The summed E-state index contributed by atoms with van der Waals surface area (Å²) in [5.41, 5.74) is 1.85. The summed E-state index contributed by atoms with van der Waals surface area (Å²) in [5.74, 6) is 0.956. The number of piperidine rings is 1. The van der Waals surface area contributed by atoms with Crippen molar-refractivity contribution in [2.75, 3.05) is 18.8 Å². The van der Waals surface area contributed by atoms with Gasteiger partial charge in [0, 0.05) is 38.3 Å². The molecule has 0 bridgehead atoms. The van der Waals surface area contributed by atoms with Crippen molar-refractivity contribution in [3.63, 3.8) is 0 Å². The van der Waals surface area contributed by atoms with Crippen molar-refractivity contribution in [2.45, 2.75) is 37.5 Å². The molecule has 1 aromatic carbocycles. The lowest BCUT2D eigenvalue weighted by Gasteiger charge is -2.32. The normalized spacial score (nSPS) is 14.7. The zero-order valence-electron chi connectivity index (χ0n) is 19.4. The Hall–Kier alpha value is -2.87. The largest absolute Gasteiger partial charge is 0.342 e. The highest BCUT2D eigenvalue weighted by Gasteiger charge is 2.24. The van der Waals surface area contributed by atoms with E-state index in [9.17, 15) is 14.4 Å². The molecule has 0 unspecified atom stereocenters. The van der Waals surface area contributed by atoms with Gasteiger partial charge in [-0.1, -0.05) is 37.3 Å². The molecule has 0 atom stereocenters. The highest BCUT2D eigenvalue weighted by molar-refractivity contribution is 8.00. The summed E-state index contributed by atoms with van der Waals surface area (Å²) in [6.07, 6.45) is 5.47. The number of pyridine rings is 1. The molecule has 8 heteroatoms. The molecule has 0 N–H and O–H groups in total. The summed E-state index contributed by atoms with van der Waals surface area (Å²) < 4.78 is 2.49. The van der Waals surface area contributed by atoms with Crippen molar-refractivity contribution in [2.24, 2.45) is 20.0 Å². The van der Waals surface area contributed by atoms with Crippen LogP contribution >= 0.6 is 11.8 Å². The molecule has 0 radical (unpaired) electrons. The number of hydrogen-bond donors (Lipinski definition) is 0. The number of fused-ring (bicyclic) bond motifs is 1. The maximum Gasteiger partial charge on any atom is 0.332 e. The van der Waals surface area contributed by atoms with Crippen LogP contribution in [0.5, 0.6) is 0 Å². The molecule has 1 aliphatic rings. The van der Waals surface area contributed by atoms with Gasteiger partial charge in [0.2, 0.25) is 5.91 Å². The Kier molecular flexibility index (Phi) is 7.02. The Morgan fingerprint density at radius 3 is 2.45 bits per heavy atom. The van der Waals surface area contributed by atoms with Crippen molar-refractivity contribution in [1.29, 1.82) is 0 Å². The number of aryl methyl sites for hydroxylation is 2. The Morgan fingerprint density at radius 2 is 1.79 bits per heavy atom. The third-order valence-electron chi connectivity index (χ3n) is 6.55. The van der Waals surface area contributed by atoms with E-state index >= 15 is 0 Å². The van der Waals surface area contributed by atoms with E-state index in [0.717, 1.165) is 47.4 Å². The quantitative estimate of drug-likeness (QED) is 0.522. The average Bonchev–Trinajstić information content (AvgIpc) is 2.85. The van der Waals surface area contributed by atoms with E-state index in [-0.39, 0.29) is 17.2 Å². The smallest absolute Gasteiger partial charge is 0.332 e. The third kappa shape index (κ3) is 4.76.